The molecular weight excluding hydrogens is 310 g/mol. The number of fused-ring (bicyclic) bond motifs is 1. The second kappa shape index (κ2) is 7.21. The van der Waals surface area contributed by atoms with Gasteiger partial charge in [-0.1, -0.05) is 13.8 Å². The molecule has 1 atom stereocenters. The standard InChI is InChI=1S/C16H25N5O3/c1-10(2)7-9-24-15-19-13(17)12-14(20-15)21(16(18-12)22-3)11-6-4-5-8-23-11/h10-11H,4-9H2,1-3H3,(H2,17,19,20). The Kier molecular flexibility index (Phi) is 5.03. The van der Waals surface area contributed by atoms with Crippen molar-refractivity contribution < 1.29 is 14.2 Å². The van der Waals surface area contributed by atoms with Gasteiger partial charge < -0.3 is 19.9 Å². The zero-order chi connectivity index (χ0) is 17.1. The van der Waals surface area contributed by atoms with Crippen molar-refractivity contribution in [3.63, 3.8) is 0 Å². The number of methoxy groups -OCH3 is 1. The van der Waals surface area contributed by atoms with Crippen LogP contribution in [0, 0.1) is 5.92 Å². The summed E-state index contributed by atoms with van der Waals surface area (Å²) in [5.74, 6) is 0.833. The number of nitrogens with zero attached hydrogens (tertiary/aromatic N) is 4. The maximum Gasteiger partial charge on any atom is 0.320 e. The molecule has 1 saturated heterocycles. The van der Waals surface area contributed by atoms with Gasteiger partial charge in [-0.05, 0) is 31.6 Å². The van der Waals surface area contributed by atoms with Crippen molar-refractivity contribution in [3.05, 3.63) is 0 Å². The predicted molar refractivity (Wildman–Crippen MR) is 90.1 cm³/mol. The number of nitrogens with two attached hydrogens (primary N) is 1. The Morgan fingerprint density at radius 2 is 2.12 bits per heavy atom. The Morgan fingerprint density at radius 1 is 1.29 bits per heavy atom. The van der Waals surface area contributed by atoms with E-state index in [0.29, 0.717) is 36.3 Å². The van der Waals surface area contributed by atoms with Crippen LogP contribution in [0.2, 0.25) is 0 Å². The van der Waals surface area contributed by atoms with Crippen LogP contribution in [-0.4, -0.2) is 39.8 Å². The van der Waals surface area contributed by atoms with Gasteiger partial charge in [0.25, 0.3) is 0 Å². The number of anilines is 1. The Labute approximate surface area is 141 Å². The van der Waals surface area contributed by atoms with Gasteiger partial charge >= 0.3 is 12.0 Å². The van der Waals surface area contributed by atoms with Crippen LogP contribution in [0.15, 0.2) is 0 Å². The van der Waals surface area contributed by atoms with Gasteiger partial charge in [-0.2, -0.15) is 15.0 Å². The molecule has 8 nitrogen and oxygen atoms in total. The van der Waals surface area contributed by atoms with E-state index in [1.54, 1.807) is 7.11 Å². The molecule has 8 heteroatoms. The van der Waals surface area contributed by atoms with Crippen LogP contribution in [0.4, 0.5) is 5.82 Å². The number of rotatable bonds is 6. The normalized spacial score (nSPS) is 18.2. The number of nitrogen functional groups attached to an aromatic ring is 1. The predicted octanol–water partition coefficient (Wildman–Crippen LogP) is 2.54. The molecule has 3 heterocycles. The van der Waals surface area contributed by atoms with Gasteiger partial charge in [-0.3, -0.25) is 4.57 Å². The van der Waals surface area contributed by atoms with Crippen LogP contribution in [0.3, 0.4) is 0 Å². The third kappa shape index (κ3) is 3.38. The quantitative estimate of drug-likeness (QED) is 0.866. The van der Waals surface area contributed by atoms with Crippen molar-refractivity contribution in [2.24, 2.45) is 5.92 Å². The van der Waals surface area contributed by atoms with E-state index in [2.05, 4.69) is 28.8 Å². The summed E-state index contributed by atoms with van der Waals surface area (Å²) in [5, 5.41) is 0. The highest BCUT2D eigenvalue weighted by atomic mass is 16.5. The van der Waals surface area contributed by atoms with E-state index >= 15 is 0 Å². The minimum atomic E-state index is -0.156. The number of hydrogen-bond acceptors (Lipinski definition) is 7. The smallest absolute Gasteiger partial charge is 0.320 e. The number of aromatic nitrogens is 4. The highest BCUT2D eigenvalue weighted by molar-refractivity contribution is 5.83. The fraction of sp³-hybridized carbons (Fsp3) is 0.688. The first kappa shape index (κ1) is 16.8. The summed E-state index contributed by atoms with van der Waals surface area (Å²) in [6.45, 7) is 5.55. The highest BCUT2D eigenvalue weighted by Gasteiger charge is 2.25. The molecule has 2 aromatic rings. The summed E-state index contributed by atoms with van der Waals surface area (Å²) in [6.07, 6.45) is 3.81. The third-order valence-corrected chi connectivity index (χ3v) is 4.07. The third-order valence-electron chi connectivity index (χ3n) is 4.07. The number of ether oxygens (including phenoxy) is 3. The Balaban J connectivity index is 1.96. The maximum atomic E-state index is 6.05. The van der Waals surface area contributed by atoms with Crippen molar-refractivity contribution in [2.75, 3.05) is 26.1 Å². The molecule has 1 unspecified atom stereocenters. The van der Waals surface area contributed by atoms with E-state index in [-0.39, 0.29) is 18.1 Å². The molecule has 0 saturated carbocycles. The second-order valence-electron chi connectivity index (χ2n) is 6.38. The van der Waals surface area contributed by atoms with E-state index in [9.17, 15) is 0 Å². The summed E-state index contributed by atoms with van der Waals surface area (Å²) in [7, 11) is 1.57. The van der Waals surface area contributed by atoms with Crippen molar-refractivity contribution >= 4 is 17.0 Å². The molecule has 0 aliphatic carbocycles. The minimum Gasteiger partial charge on any atom is -0.468 e. The molecule has 0 amide bonds. The molecule has 2 N–H and O–H groups in total. The first-order valence-electron chi connectivity index (χ1n) is 8.44. The molecule has 0 bridgehead atoms. The number of imidazole rings is 1. The lowest BCUT2D eigenvalue weighted by atomic mass is 10.1. The summed E-state index contributed by atoms with van der Waals surface area (Å²) in [6, 6.07) is 0.692. The molecule has 0 aromatic carbocycles. The first-order chi connectivity index (χ1) is 11.6. The minimum absolute atomic E-state index is 0.156. The van der Waals surface area contributed by atoms with E-state index in [4.69, 9.17) is 19.9 Å². The van der Waals surface area contributed by atoms with E-state index in [1.807, 2.05) is 4.57 Å². The Hall–Kier alpha value is -2.09. The molecule has 132 valence electrons. The van der Waals surface area contributed by atoms with E-state index < -0.39 is 0 Å². The SMILES string of the molecule is COc1nc2c(N)nc(OCCC(C)C)nc2n1C1CCCCO1. The van der Waals surface area contributed by atoms with Gasteiger partial charge in [0.15, 0.2) is 17.0 Å². The van der Waals surface area contributed by atoms with Gasteiger partial charge in [0.2, 0.25) is 0 Å². The van der Waals surface area contributed by atoms with Crippen LogP contribution in [0.5, 0.6) is 12.0 Å². The largest absolute Gasteiger partial charge is 0.468 e. The molecule has 24 heavy (non-hydrogen) atoms. The van der Waals surface area contributed by atoms with Crippen LogP contribution in [0.25, 0.3) is 11.2 Å². The average molecular weight is 335 g/mol. The summed E-state index contributed by atoms with van der Waals surface area (Å²) >= 11 is 0. The fourth-order valence-electron chi connectivity index (χ4n) is 2.74. The molecule has 0 radical (unpaired) electrons. The van der Waals surface area contributed by atoms with Gasteiger partial charge in [-0.25, -0.2) is 0 Å². The Bertz CT molecular complexity index is 695. The van der Waals surface area contributed by atoms with Gasteiger partial charge in [-0.15, -0.1) is 0 Å². The van der Waals surface area contributed by atoms with E-state index in [0.717, 1.165) is 25.7 Å². The maximum absolute atomic E-state index is 6.05. The summed E-state index contributed by atoms with van der Waals surface area (Å²) < 4.78 is 18.8. The Morgan fingerprint density at radius 3 is 2.79 bits per heavy atom. The summed E-state index contributed by atoms with van der Waals surface area (Å²) in [4.78, 5) is 13.1. The topological polar surface area (TPSA) is 97.3 Å². The molecule has 1 fully saturated rings. The molecular formula is C16H25N5O3. The van der Waals surface area contributed by atoms with Crippen molar-refractivity contribution in [1.82, 2.24) is 19.5 Å². The average Bonchev–Trinajstić information content (AvgIpc) is 2.94. The molecule has 3 rings (SSSR count). The zero-order valence-electron chi connectivity index (χ0n) is 14.5. The van der Waals surface area contributed by atoms with Crippen molar-refractivity contribution in [2.45, 2.75) is 45.8 Å². The second-order valence-corrected chi connectivity index (χ2v) is 6.38. The van der Waals surface area contributed by atoms with Crippen LogP contribution in [-0.2, 0) is 4.74 Å². The summed E-state index contributed by atoms with van der Waals surface area (Å²) in [5.41, 5.74) is 7.15. The monoisotopic (exact) mass is 335 g/mol. The van der Waals surface area contributed by atoms with Gasteiger partial charge in [0.05, 0.1) is 13.7 Å². The fourth-order valence-corrected chi connectivity index (χ4v) is 2.74. The molecule has 1 aliphatic rings. The van der Waals surface area contributed by atoms with Gasteiger partial charge in [0.1, 0.15) is 6.23 Å². The molecule has 0 spiro atoms. The van der Waals surface area contributed by atoms with Crippen molar-refractivity contribution in [1.29, 1.82) is 0 Å². The van der Waals surface area contributed by atoms with E-state index in [1.165, 1.54) is 0 Å². The van der Waals surface area contributed by atoms with Crippen LogP contribution < -0.4 is 15.2 Å². The van der Waals surface area contributed by atoms with Crippen LogP contribution in [0.1, 0.15) is 45.8 Å². The van der Waals surface area contributed by atoms with Gasteiger partial charge in [0, 0.05) is 6.61 Å². The zero-order valence-corrected chi connectivity index (χ0v) is 14.5. The van der Waals surface area contributed by atoms with Crippen molar-refractivity contribution in [3.8, 4) is 12.0 Å². The molecule has 1 aliphatic heterocycles. The number of hydrogen-bond donors (Lipinski definition) is 1. The lowest BCUT2D eigenvalue weighted by Crippen LogP contribution is -2.19. The highest BCUT2D eigenvalue weighted by Crippen LogP contribution is 2.33. The molecule has 2 aromatic heterocycles. The lowest BCUT2D eigenvalue weighted by Gasteiger charge is -2.24. The lowest BCUT2D eigenvalue weighted by molar-refractivity contribution is -0.0334. The van der Waals surface area contributed by atoms with Crippen LogP contribution >= 0.6 is 0 Å². The first-order valence-corrected chi connectivity index (χ1v) is 8.44.